The first-order valence-corrected chi connectivity index (χ1v) is 7.99. The molecule has 9 heteroatoms. The Bertz CT molecular complexity index is 637. The first-order chi connectivity index (χ1) is 10.1. The van der Waals surface area contributed by atoms with Crippen molar-refractivity contribution in [3.8, 4) is 0 Å². The van der Waals surface area contributed by atoms with Gasteiger partial charge in [0.2, 0.25) is 0 Å². The second-order valence-corrected chi connectivity index (χ2v) is 6.22. The quantitative estimate of drug-likeness (QED) is 0.769. The largest absolute Gasteiger partial charge is 0.392 e. The van der Waals surface area contributed by atoms with Gasteiger partial charge in [0.05, 0.1) is 23.0 Å². The van der Waals surface area contributed by atoms with E-state index in [-0.39, 0.29) is 42.1 Å². The number of pyridine rings is 1. The van der Waals surface area contributed by atoms with Gasteiger partial charge in [-0.15, -0.1) is 24.8 Å². The van der Waals surface area contributed by atoms with Crippen molar-refractivity contribution in [3.63, 3.8) is 0 Å². The number of rotatable bonds is 4. The van der Waals surface area contributed by atoms with Crippen molar-refractivity contribution in [2.24, 2.45) is 0 Å². The van der Waals surface area contributed by atoms with E-state index >= 15 is 0 Å². The maximum atomic E-state index is 9.94. The minimum Gasteiger partial charge on any atom is -0.392 e. The molecule has 1 fully saturated rings. The predicted molar refractivity (Wildman–Crippen MR) is 98.3 cm³/mol. The molecule has 2 atom stereocenters. The van der Waals surface area contributed by atoms with Crippen LogP contribution in [0.5, 0.6) is 0 Å². The Labute approximate surface area is 157 Å². The van der Waals surface area contributed by atoms with Crippen molar-refractivity contribution in [1.82, 2.24) is 19.9 Å². The number of imidazole rings is 1. The number of aromatic nitrogens is 3. The van der Waals surface area contributed by atoms with Crippen molar-refractivity contribution in [1.29, 1.82) is 0 Å². The van der Waals surface area contributed by atoms with Gasteiger partial charge in [-0.1, -0.05) is 23.2 Å². The number of hydrogen-bond acceptors (Lipinski definition) is 4. The maximum absolute atomic E-state index is 9.94. The first kappa shape index (κ1) is 20.7. The molecule has 1 saturated heterocycles. The molecule has 23 heavy (non-hydrogen) atoms. The van der Waals surface area contributed by atoms with Crippen LogP contribution in [0, 0.1) is 0 Å². The normalized spacial score (nSPS) is 20.8. The van der Waals surface area contributed by atoms with Crippen molar-refractivity contribution < 1.29 is 5.11 Å². The van der Waals surface area contributed by atoms with Crippen LogP contribution in [0.2, 0.25) is 10.2 Å². The molecule has 0 aromatic carbocycles. The summed E-state index contributed by atoms with van der Waals surface area (Å²) in [5.41, 5.74) is 1.50. The number of nitrogens with zero attached hydrogens (tertiary/aromatic N) is 3. The Morgan fingerprint density at radius 3 is 2.87 bits per heavy atom. The smallest absolute Gasteiger partial charge is 0.179 e. The third-order valence-corrected chi connectivity index (χ3v) is 4.66. The second kappa shape index (κ2) is 9.25. The molecule has 0 spiro atoms. The fourth-order valence-corrected chi connectivity index (χ4v) is 3.11. The van der Waals surface area contributed by atoms with Crippen LogP contribution in [0.1, 0.15) is 25.7 Å². The lowest BCUT2D eigenvalue weighted by molar-refractivity contribution is 0.0909. The van der Waals surface area contributed by atoms with Gasteiger partial charge in [0.1, 0.15) is 5.15 Å². The standard InChI is InChI=1S/C14H18Cl2N4O.2ClH/c15-9-7-11-14(19-13(9)16)18-8-20(11)6-2-3-10-12(21)4-1-5-17-10;;/h7-8,10,12,17,21H,1-6H2;2*1H/t10-,12+;;/m1../s1. The third-order valence-electron chi connectivity index (χ3n) is 3.98. The highest BCUT2D eigenvalue weighted by Crippen LogP contribution is 2.24. The molecule has 1 aliphatic heterocycles. The van der Waals surface area contributed by atoms with E-state index in [0.717, 1.165) is 44.3 Å². The molecule has 0 saturated carbocycles. The SMILES string of the molecule is Cl.Cl.O[C@H]1CCCN[C@@H]1CCCn1cnc2nc(Cl)c(Cl)cc21. The Balaban J connectivity index is 0.00000132. The van der Waals surface area contributed by atoms with Gasteiger partial charge >= 0.3 is 0 Å². The van der Waals surface area contributed by atoms with Crippen molar-refractivity contribution in [2.75, 3.05) is 6.54 Å². The highest BCUT2D eigenvalue weighted by molar-refractivity contribution is 6.41. The highest BCUT2D eigenvalue weighted by atomic mass is 35.5. The fraction of sp³-hybridized carbons (Fsp3) is 0.571. The minimum atomic E-state index is -0.229. The molecule has 2 N–H and O–H groups in total. The number of hydrogen-bond donors (Lipinski definition) is 2. The molecule has 0 amide bonds. The number of piperidine rings is 1. The zero-order valence-corrected chi connectivity index (χ0v) is 15.6. The molecule has 0 aliphatic carbocycles. The van der Waals surface area contributed by atoms with Crippen molar-refractivity contribution in [2.45, 2.75) is 44.4 Å². The van der Waals surface area contributed by atoms with Gasteiger partial charge in [0, 0.05) is 12.6 Å². The Hall–Kier alpha value is -0.300. The summed E-state index contributed by atoms with van der Waals surface area (Å²) in [6.07, 6.45) is 5.37. The lowest BCUT2D eigenvalue weighted by atomic mass is 9.97. The van der Waals surface area contributed by atoms with Crippen LogP contribution in [0.25, 0.3) is 11.2 Å². The summed E-state index contributed by atoms with van der Waals surface area (Å²) in [5.74, 6) is 0. The minimum absolute atomic E-state index is 0. The Morgan fingerprint density at radius 2 is 2.13 bits per heavy atom. The average molecular weight is 402 g/mol. The summed E-state index contributed by atoms with van der Waals surface area (Å²) >= 11 is 11.9. The second-order valence-electron chi connectivity index (χ2n) is 5.45. The lowest BCUT2D eigenvalue weighted by Crippen LogP contribution is -2.44. The van der Waals surface area contributed by atoms with Crippen LogP contribution < -0.4 is 5.32 Å². The molecule has 1 aliphatic rings. The fourth-order valence-electron chi connectivity index (χ4n) is 2.83. The molecule has 0 unspecified atom stereocenters. The van der Waals surface area contributed by atoms with Gasteiger partial charge in [-0.3, -0.25) is 0 Å². The summed E-state index contributed by atoms with van der Waals surface area (Å²) < 4.78 is 2.03. The number of halogens is 4. The molecular weight excluding hydrogens is 382 g/mol. The molecule has 0 radical (unpaired) electrons. The van der Waals surface area contributed by atoms with Crippen LogP contribution in [0.4, 0.5) is 0 Å². The zero-order valence-electron chi connectivity index (χ0n) is 12.4. The van der Waals surface area contributed by atoms with Crippen LogP contribution in [-0.2, 0) is 6.54 Å². The molecule has 3 rings (SSSR count). The van der Waals surface area contributed by atoms with E-state index in [1.54, 1.807) is 12.4 Å². The van der Waals surface area contributed by atoms with Gasteiger partial charge in [-0.25, -0.2) is 9.97 Å². The predicted octanol–water partition coefficient (Wildman–Crippen LogP) is 3.47. The number of aryl methyl sites for hydroxylation is 1. The monoisotopic (exact) mass is 400 g/mol. The van der Waals surface area contributed by atoms with Crippen molar-refractivity contribution >= 4 is 59.2 Å². The summed E-state index contributed by atoms with van der Waals surface area (Å²) in [4.78, 5) is 8.40. The summed E-state index contributed by atoms with van der Waals surface area (Å²) in [6, 6.07) is 2.00. The van der Waals surface area contributed by atoms with Crippen LogP contribution in [0.15, 0.2) is 12.4 Å². The van der Waals surface area contributed by atoms with E-state index in [9.17, 15) is 5.11 Å². The molecule has 3 heterocycles. The van der Waals surface area contributed by atoms with E-state index in [2.05, 4.69) is 15.3 Å². The van der Waals surface area contributed by atoms with E-state index < -0.39 is 0 Å². The Morgan fingerprint density at radius 1 is 1.35 bits per heavy atom. The molecule has 2 aromatic rings. The molecule has 0 bridgehead atoms. The molecule has 5 nitrogen and oxygen atoms in total. The van der Waals surface area contributed by atoms with Crippen molar-refractivity contribution in [3.05, 3.63) is 22.6 Å². The highest BCUT2D eigenvalue weighted by Gasteiger charge is 2.21. The zero-order chi connectivity index (χ0) is 14.8. The summed E-state index contributed by atoms with van der Waals surface area (Å²) in [5, 5.41) is 14.0. The van der Waals surface area contributed by atoms with Gasteiger partial charge in [0.25, 0.3) is 0 Å². The van der Waals surface area contributed by atoms with E-state index in [4.69, 9.17) is 23.2 Å². The number of fused-ring (bicyclic) bond motifs is 1. The van der Waals surface area contributed by atoms with E-state index in [1.165, 1.54) is 0 Å². The molecule has 130 valence electrons. The summed E-state index contributed by atoms with van der Waals surface area (Å²) in [7, 11) is 0. The first-order valence-electron chi connectivity index (χ1n) is 7.23. The van der Waals surface area contributed by atoms with Crippen LogP contribution in [-0.4, -0.2) is 38.3 Å². The third kappa shape index (κ3) is 4.84. The van der Waals surface area contributed by atoms with Gasteiger partial charge in [-0.2, -0.15) is 0 Å². The number of aliphatic hydroxyl groups excluding tert-OH is 1. The van der Waals surface area contributed by atoms with E-state index in [0.29, 0.717) is 10.7 Å². The number of aliphatic hydroxyl groups is 1. The van der Waals surface area contributed by atoms with Gasteiger partial charge in [0.15, 0.2) is 5.65 Å². The topological polar surface area (TPSA) is 63.0 Å². The van der Waals surface area contributed by atoms with Crippen LogP contribution >= 0.6 is 48.0 Å². The number of nitrogens with one attached hydrogen (secondary N) is 1. The van der Waals surface area contributed by atoms with E-state index in [1.807, 2.05) is 4.57 Å². The van der Waals surface area contributed by atoms with Gasteiger partial charge < -0.3 is 15.0 Å². The molecule has 2 aromatic heterocycles. The Kier molecular flexibility index (Phi) is 8.35. The molecular formula is C14H20Cl4N4O. The summed E-state index contributed by atoms with van der Waals surface area (Å²) in [6.45, 7) is 1.81. The average Bonchev–Trinajstić information content (AvgIpc) is 2.84. The van der Waals surface area contributed by atoms with Gasteiger partial charge in [-0.05, 0) is 38.3 Å². The maximum Gasteiger partial charge on any atom is 0.179 e. The van der Waals surface area contributed by atoms with Crippen LogP contribution in [0.3, 0.4) is 0 Å². The lowest BCUT2D eigenvalue weighted by Gasteiger charge is -2.28.